The Hall–Kier alpha value is -0.530. The number of hydrogen-bond acceptors (Lipinski definition) is 1. The van der Waals surface area contributed by atoms with Crippen LogP contribution in [0, 0.1) is 12.3 Å². The Labute approximate surface area is 74.7 Å². The first-order valence-electron chi connectivity index (χ1n) is 4.89. The van der Waals surface area contributed by atoms with Gasteiger partial charge in [-0.15, -0.1) is 0 Å². The van der Waals surface area contributed by atoms with Crippen LogP contribution in [0.2, 0.25) is 0 Å². The van der Waals surface area contributed by atoms with Crippen LogP contribution in [0.1, 0.15) is 38.5 Å². The zero-order chi connectivity index (χ0) is 8.81. The summed E-state index contributed by atoms with van der Waals surface area (Å²) in [6, 6.07) is 0. The van der Waals surface area contributed by atoms with E-state index in [9.17, 15) is 4.79 Å². The second kappa shape index (κ2) is 5.18. The molecule has 1 atom stereocenters. The van der Waals surface area contributed by atoms with E-state index in [2.05, 4.69) is 11.7 Å². The Morgan fingerprint density at radius 2 is 2.08 bits per heavy atom. The highest BCUT2D eigenvalue weighted by molar-refractivity contribution is 5.79. The van der Waals surface area contributed by atoms with E-state index < -0.39 is 0 Å². The first-order chi connectivity index (χ1) is 5.84. The molecule has 0 saturated heterocycles. The van der Waals surface area contributed by atoms with Crippen LogP contribution in [-0.2, 0) is 4.79 Å². The molecular weight excluding hydrogens is 150 g/mol. The number of carbonyl (C=O) groups is 1. The number of amides is 1. The van der Waals surface area contributed by atoms with Crippen molar-refractivity contribution in [1.82, 2.24) is 5.32 Å². The third-order valence-electron chi connectivity index (χ3n) is 2.50. The highest BCUT2D eigenvalue weighted by atomic mass is 16.1. The average Bonchev–Trinajstić information content (AvgIpc) is 2.02. The Morgan fingerprint density at radius 3 is 2.83 bits per heavy atom. The van der Waals surface area contributed by atoms with Crippen molar-refractivity contribution in [2.45, 2.75) is 38.5 Å². The predicted octanol–water partition coefficient (Wildman–Crippen LogP) is 1.91. The quantitative estimate of drug-likeness (QED) is 0.636. The molecule has 0 aromatic carbocycles. The molecule has 0 aliphatic heterocycles. The molecule has 69 valence electrons. The monoisotopic (exact) mass is 168 g/mol. The molecule has 12 heavy (non-hydrogen) atoms. The summed E-state index contributed by atoms with van der Waals surface area (Å²) in [6.45, 7) is 0. The van der Waals surface area contributed by atoms with Crippen LogP contribution in [0.3, 0.4) is 0 Å². The maximum atomic E-state index is 11.3. The lowest BCUT2D eigenvalue weighted by atomic mass is 9.91. The normalized spacial score (nSPS) is 21.1. The topological polar surface area (TPSA) is 29.1 Å². The lowest BCUT2D eigenvalue weighted by Gasteiger charge is -2.17. The number of rotatable bonds is 1. The third-order valence-corrected chi connectivity index (χ3v) is 2.50. The lowest BCUT2D eigenvalue weighted by molar-refractivity contribution is -0.123. The van der Waals surface area contributed by atoms with Gasteiger partial charge in [-0.1, -0.05) is 25.7 Å². The van der Waals surface area contributed by atoms with Gasteiger partial charge in [0.2, 0.25) is 5.91 Å². The van der Waals surface area contributed by atoms with E-state index in [1.54, 1.807) is 7.05 Å². The molecule has 0 heterocycles. The van der Waals surface area contributed by atoms with Crippen LogP contribution in [0.15, 0.2) is 0 Å². The van der Waals surface area contributed by atoms with Gasteiger partial charge in [0.1, 0.15) is 0 Å². The summed E-state index contributed by atoms with van der Waals surface area (Å²) in [4.78, 5) is 11.3. The molecule has 1 aliphatic carbocycles. The van der Waals surface area contributed by atoms with Crippen molar-refractivity contribution < 1.29 is 4.79 Å². The minimum Gasteiger partial charge on any atom is -0.359 e. The van der Waals surface area contributed by atoms with E-state index >= 15 is 0 Å². The van der Waals surface area contributed by atoms with Crippen molar-refractivity contribution in [3.63, 3.8) is 0 Å². The smallest absolute Gasteiger partial charge is 0.223 e. The highest BCUT2D eigenvalue weighted by Gasteiger charge is 2.17. The Morgan fingerprint density at radius 1 is 1.33 bits per heavy atom. The van der Waals surface area contributed by atoms with Crippen molar-refractivity contribution >= 4 is 5.91 Å². The standard InChI is InChI=1S/C10H18NO/c1-11-10(12)9-7-5-3-2-4-6-8-9/h7,9H,2-6,8H2,1H3,(H,11,12). The number of hydrogen-bond donors (Lipinski definition) is 1. The Kier molecular flexibility index (Phi) is 4.12. The molecule has 1 saturated carbocycles. The fraction of sp³-hybridized carbons (Fsp3) is 0.800. The fourth-order valence-electron chi connectivity index (χ4n) is 1.72. The van der Waals surface area contributed by atoms with Gasteiger partial charge in [-0.05, 0) is 19.3 Å². The molecule has 1 unspecified atom stereocenters. The first-order valence-corrected chi connectivity index (χ1v) is 4.89. The summed E-state index contributed by atoms with van der Waals surface area (Å²) in [6.07, 6.45) is 9.41. The van der Waals surface area contributed by atoms with Gasteiger partial charge in [-0.2, -0.15) is 0 Å². The molecule has 1 amide bonds. The minimum absolute atomic E-state index is 0.176. The predicted molar refractivity (Wildman–Crippen MR) is 49.6 cm³/mol. The average molecular weight is 168 g/mol. The fourth-order valence-corrected chi connectivity index (χ4v) is 1.72. The second-order valence-corrected chi connectivity index (χ2v) is 3.45. The lowest BCUT2D eigenvalue weighted by Crippen LogP contribution is -2.28. The SMILES string of the molecule is CNC(=O)C1[CH]CCCCCC1. The maximum Gasteiger partial charge on any atom is 0.223 e. The van der Waals surface area contributed by atoms with E-state index in [1.165, 1.54) is 25.7 Å². The van der Waals surface area contributed by atoms with Gasteiger partial charge in [0.05, 0.1) is 0 Å². The van der Waals surface area contributed by atoms with Crippen molar-refractivity contribution in [2.24, 2.45) is 5.92 Å². The summed E-state index contributed by atoms with van der Waals surface area (Å²) in [5.74, 6) is 0.368. The van der Waals surface area contributed by atoms with Crippen LogP contribution in [0.25, 0.3) is 0 Å². The summed E-state index contributed by atoms with van der Waals surface area (Å²) >= 11 is 0. The molecule has 2 nitrogen and oxygen atoms in total. The molecule has 0 aromatic rings. The van der Waals surface area contributed by atoms with E-state index in [0.717, 1.165) is 12.8 Å². The molecule has 0 aromatic heterocycles. The van der Waals surface area contributed by atoms with E-state index in [4.69, 9.17) is 0 Å². The minimum atomic E-state index is 0.176. The van der Waals surface area contributed by atoms with Gasteiger partial charge in [0.25, 0.3) is 0 Å². The van der Waals surface area contributed by atoms with Crippen molar-refractivity contribution in [3.8, 4) is 0 Å². The van der Waals surface area contributed by atoms with Gasteiger partial charge in [0.15, 0.2) is 0 Å². The van der Waals surface area contributed by atoms with E-state index in [-0.39, 0.29) is 11.8 Å². The number of carbonyl (C=O) groups excluding carboxylic acids is 1. The van der Waals surface area contributed by atoms with Gasteiger partial charge in [-0.25, -0.2) is 0 Å². The Balaban J connectivity index is 2.34. The van der Waals surface area contributed by atoms with Crippen LogP contribution < -0.4 is 5.32 Å². The summed E-state index contributed by atoms with van der Waals surface area (Å²) in [7, 11) is 1.72. The van der Waals surface area contributed by atoms with Crippen LogP contribution in [0.5, 0.6) is 0 Å². The molecule has 1 N–H and O–H groups in total. The molecule has 1 fully saturated rings. The van der Waals surface area contributed by atoms with Crippen molar-refractivity contribution in [1.29, 1.82) is 0 Å². The highest BCUT2D eigenvalue weighted by Crippen LogP contribution is 2.21. The zero-order valence-electron chi connectivity index (χ0n) is 7.81. The van der Waals surface area contributed by atoms with E-state index in [0.29, 0.717) is 0 Å². The van der Waals surface area contributed by atoms with E-state index in [1.807, 2.05) is 0 Å². The molecule has 2 heteroatoms. The van der Waals surface area contributed by atoms with Crippen LogP contribution >= 0.6 is 0 Å². The van der Waals surface area contributed by atoms with Crippen LogP contribution in [-0.4, -0.2) is 13.0 Å². The second-order valence-electron chi connectivity index (χ2n) is 3.45. The van der Waals surface area contributed by atoms with Crippen LogP contribution in [0.4, 0.5) is 0 Å². The molecule has 0 spiro atoms. The summed E-state index contributed by atoms with van der Waals surface area (Å²) in [5, 5.41) is 2.71. The molecule has 0 bridgehead atoms. The van der Waals surface area contributed by atoms with Gasteiger partial charge in [0, 0.05) is 13.0 Å². The zero-order valence-corrected chi connectivity index (χ0v) is 7.81. The third kappa shape index (κ3) is 2.84. The summed E-state index contributed by atoms with van der Waals surface area (Å²) in [5.41, 5.74) is 0. The number of nitrogens with one attached hydrogen (secondary N) is 1. The van der Waals surface area contributed by atoms with Crippen molar-refractivity contribution in [3.05, 3.63) is 6.42 Å². The van der Waals surface area contributed by atoms with Gasteiger partial charge in [-0.3, -0.25) is 4.79 Å². The maximum absolute atomic E-state index is 11.3. The molecule has 1 rings (SSSR count). The Bertz CT molecular complexity index is 137. The molecule has 1 radical (unpaired) electrons. The molecular formula is C10H18NO. The first kappa shape index (κ1) is 9.56. The van der Waals surface area contributed by atoms with Crippen molar-refractivity contribution in [2.75, 3.05) is 7.05 Å². The van der Waals surface area contributed by atoms with Gasteiger partial charge >= 0.3 is 0 Å². The van der Waals surface area contributed by atoms with Gasteiger partial charge < -0.3 is 5.32 Å². The summed E-state index contributed by atoms with van der Waals surface area (Å²) < 4.78 is 0. The largest absolute Gasteiger partial charge is 0.359 e. The molecule has 1 aliphatic rings.